The van der Waals surface area contributed by atoms with Crippen molar-refractivity contribution in [2.24, 2.45) is 0 Å². The number of carbonyl (C=O) groups is 2. The van der Waals surface area contributed by atoms with Gasteiger partial charge in [-0.1, -0.05) is 29.8 Å². The van der Waals surface area contributed by atoms with Gasteiger partial charge in [-0.25, -0.2) is 8.42 Å². The van der Waals surface area contributed by atoms with Crippen LogP contribution in [0.2, 0.25) is 0 Å². The number of likely N-dealkylation sites (N-methyl/N-ethyl adjacent to an activating group) is 1. The van der Waals surface area contributed by atoms with Gasteiger partial charge in [-0.2, -0.15) is 4.31 Å². The van der Waals surface area contributed by atoms with E-state index < -0.39 is 28.5 Å². The van der Waals surface area contributed by atoms with Crippen LogP contribution in [0.4, 0.5) is 0 Å². The Hall–Kier alpha value is -2.91. The lowest BCUT2D eigenvalue weighted by molar-refractivity contribution is -0.140. The average Bonchev–Trinajstić information content (AvgIpc) is 2.77. The van der Waals surface area contributed by atoms with E-state index in [1.165, 1.54) is 24.1 Å². The van der Waals surface area contributed by atoms with Gasteiger partial charge >= 0.3 is 0 Å². The summed E-state index contributed by atoms with van der Waals surface area (Å²) in [7, 11) is -0.941. The van der Waals surface area contributed by atoms with E-state index in [9.17, 15) is 18.0 Å². The van der Waals surface area contributed by atoms with Crippen LogP contribution in [0.5, 0.6) is 5.75 Å². The monoisotopic (exact) mass is 475 g/mol. The van der Waals surface area contributed by atoms with Gasteiger partial charge in [0.2, 0.25) is 21.8 Å². The van der Waals surface area contributed by atoms with Crippen LogP contribution in [-0.2, 0) is 26.2 Å². The zero-order chi connectivity index (χ0) is 24.8. The first-order valence-electron chi connectivity index (χ1n) is 10.7. The third-order valence-electron chi connectivity index (χ3n) is 5.20. The molecule has 0 fully saturated rings. The highest BCUT2D eigenvalue weighted by Crippen LogP contribution is 2.18. The second-order valence-electron chi connectivity index (χ2n) is 8.28. The molecule has 0 aliphatic heterocycles. The van der Waals surface area contributed by atoms with Gasteiger partial charge in [-0.3, -0.25) is 9.59 Å². The molecule has 2 rings (SSSR count). The summed E-state index contributed by atoms with van der Waals surface area (Å²) < 4.78 is 32.1. The Morgan fingerprint density at radius 2 is 1.58 bits per heavy atom. The zero-order valence-electron chi connectivity index (χ0n) is 20.0. The molecule has 0 saturated heterocycles. The Morgan fingerprint density at radius 1 is 1.00 bits per heavy atom. The van der Waals surface area contributed by atoms with Crippen LogP contribution in [0.15, 0.2) is 53.4 Å². The number of sulfonamides is 1. The average molecular weight is 476 g/mol. The Bertz CT molecular complexity index is 1050. The zero-order valence-corrected chi connectivity index (χ0v) is 20.8. The molecular weight excluding hydrogens is 442 g/mol. The first-order chi connectivity index (χ1) is 15.4. The van der Waals surface area contributed by atoms with E-state index in [2.05, 4.69) is 5.32 Å². The number of benzene rings is 2. The Balaban J connectivity index is 2.27. The predicted molar refractivity (Wildman–Crippen MR) is 127 cm³/mol. The number of methoxy groups -OCH3 is 1. The van der Waals surface area contributed by atoms with Gasteiger partial charge in [-0.15, -0.1) is 0 Å². The summed E-state index contributed by atoms with van der Waals surface area (Å²) in [6.45, 7) is 6.92. The van der Waals surface area contributed by atoms with Crippen molar-refractivity contribution in [3.8, 4) is 5.75 Å². The fraction of sp³-hybridized carbons (Fsp3) is 0.417. The number of hydrogen-bond donors (Lipinski definition) is 1. The van der Waals surface area contributed by atoms with E-state index in [1.54, 1.807) is 50.4 Å². The molecule has 0 aliphatic rings. The summed E-state index contributed by atoms with van der Waals surface area (Å²) in [5, 5.41) is 2.81. The molecule has 0 spiro atoms. The van der Waals surface area contributed by atoms with Crippen molar-refractivity contribution >= 4 is 21.8 Å². The van der Waals surface area contributed by atoms with Gasteiger partial charge in [0.05, 0.1) is 18.6 Å². The van der Waals surface area contributed by atoms with Crippen LogP contribution >= 0.6 is 0 Å². The molecule has 1 N–H and O–H groups in total. The lowest BCUT2D eigenvalue weighted by atomic mass is 10.1. The van der Waals surface area contributed by atoms with E-state index in [1.807, 2.05) is 20.8 Å². The maximum atomic E-state index is 13.3. The molecule has 2 amide bonds. The third kappa shape index (κ3) is 7.03. The summed E-state index contributed by atoms with van der Waals surface area (Å²) in [5.41, 5.74) is 1.72. The number of rotatable bonds is 10. The normalized spacial score (nSPS) is 12.5. The number of carbonyl (C=O) groups excluding carboxylic acids is 2. The number of nitrogens with one attached hydrogen (secondary N) is 1. The summed E-state index contributed by atoms with van der Waals surface area (Å²) in [6, 6.07) is 12.7. The predicted octanol–water partition coefficient (Wildman–Crippen LogP) is 2.57. The second-order valence-corrected chi connectivity index (χ2v) is 10.3. The van der Waals surface area contributed by atoms with Gasteiger partial charge in [-0.05, 0) is 57.5 Å². The van der Waals surface area contributed by atoms with Crippen LogP contribution in [0.25, 0.3) is 0 Å². The molecule has 33 heavy (non-hydrogen) atoms. The van der Waals surface area contributed by atoms with Crippen molar-refractivity contribution in [3.05, 3.63) is 59.7 Å². The van der Waals surface area contributed by atoms with Crippen molar-refractivity contribution in [3.63, 3.8) is 0 Å². The third-order valence-corrected chi connectivity index (χ3v) is 7.01. The molecule has 1 atom stereocenters. The largest absolute Gasteiger partial charge is 0.497 e. The maximum Gasteiger partial charge on any atom is 0.243 e. The molecule has 0 aliphatic carbocycles. The van der Waals surface area contributed by atoms with Crippen LogP contribution in [0.3, 0.4) is 0 Å². The lowest BCUT2D eigenvalue weighted by Gasteiger charge is -2.30. The van der Waals surface area contributed by atoms with Crippen molar-refractivity contribution in [2.45, 2.75) is 51.2 Å². The van der Waals surface area contributed by atoms with E-state index in [0.717, 1.165) is 15.4 Å². The first-order valence-corrected chi connectivity index (χ1v) is 12.2. The highest BCUT2D eigenvalue weighted by molar-refractivity contribution is 7.89. The Morgan fingerprint density at radius 3 is 2.09 bits per heavy atom. The number of hydrogen-bond acceptors (Lipinski definition) is 5. The molecule has 0 saturated carbocycles. The summed E-state index contributed by atoms with van der Waals surface area (Å²) in [5.74, 6) is -0.113. The topological polar surface area (TPSA) is 96.0 Å². The standard InChI is InChI=1S/C24H33N3O5S/c1-17(2)25-24(29)19(4)27(15-20-9-11-21(32-6)12-10-20)23(28)16-26(5)33(30,31)22-13-7-18(3)8-14-22/h7-14,17,19H,15-16H2,1-6H3,(H,25,29)/t19-/m1/s1. The first kappa shape index (κ1) is 26.3. The number of ether oxygens (including phenoxy) is 1. The van der Waals surface area contributed by atoms with Crippen LogP contribution in [-0.4, -0.2) is 62.2 Å². The lowest BCUT2D eigenvalue weighted by Crippen LogP contribution is -2.51. The van der Waals surface area contributed by atoms with Gasteiger partial charge < -0.3 is 15.0 Å². The fourth-order valence-electron chi connectivity index (χ4n) is 3.17. The van der Waals surface area contributed by atoms with Crippen molar-refractivity contribution in [1.29, 1.82) is 0 Å². The molecule has 0 bridgehead atoms. The summed E-state index contributed by atoms with van der Waals surface area (Å²) >= 11 is 0. The van der Waals surface area contributed by atoms with E-state index in [4.69, 9.17) is 4.74 Å². The van der Waals surface area contributed by atoms with Crippen LogP contribution in [0.1, 0.15) is 31.9 Å². The minimum Gasteiger partial charge on any atom is -0.497 e. The number of nitrogens with zero attached hydrogens (tertiary/aromatic N) is 2. The van der Waals surface area contributed by atoms with Gasteiger partial charge in [0.15, 0.2) is 0 Å². The molecule has 0 unspecified atom stereocenters. The Kier molecular flexibility index (Phi) is 9.01. The molecule has 2 aromatic rings. The number of aryl methyl sites for hydroxylation is 1. The van der Waals surface area contributed by atoms with E-state index in [-0.39, 0.29) is 23.4 Å². The molecule has 9 heteroatoms. The smallest absolute Gasteiger partial charge is 0.243 e. The Labute approximate surface area is 196 Å². The SMILES string of the molecule is COc1ccc(CN(C(=O)CN(C)S(=O)(=O)c2ccc(C)cc2)[C@H](C)C(=O)NC(C)C)cc1. The molecule has 0 radical (unpaired) electrons. The van der Waals surface area contributed by atoms with Gasteiger partial charge in [0, 0.05) is 19.6 Å². The molecule has 2 aromatic carbocycles. The van der Waals surface area contributed by atoms with E-state index in [0.29, 0.717) is 5.75 Å². The van der Waals surface area contributed by atoms with Crippen molar-refractivity contribution < 1.29 is 22.7 Å². The minimum absolute atomic E-state index is 0.0949. The molecule has 180 valence electrons. The molecule has 8 nitrogen and oxygen atoms in total. The number of amides is 2. The quantitative estimate of drug-likeness (QED) is 0.570. The highest BCUT2D eigenvalue weighted by atomic mass is 32.2. The summed E-state index contributed by atoms with van der Waals surface area (Å²) in [6.07, 6.45) is 0. The van der Waals surface area contributed by atoms with Crippen LogP contribution < -0.4 is 10.1 Å². The fourth-order valence-corrected chi connectivity index (χ4v) is 4.29. The summed E-state index contributed by atoms with van der Waals surface area (Å²) in [4.78, 5) is 27.4. The minimum atomic E-state index is -3.86. The van der Waals surface area contributed by atoms with Crippen LogP contribution in [0, 0.1) is 6.92 Å². The van der Waals surface area contributed by atoms with Gasteiger partial charge in [0.1, 0.15) is 11.8 Å². The second kappa shape index (κ2) is 11.3. The van der Waals surface area contributed by atoms with Crippen molar-refractivity contribution in [1.82, 2.24) is 14.5 Å². The highest BCUT2D eigenvalue weighted by Gasteiger charge is 2.30. The van der Waals surface area contributed by atoms with Gasteiger partial charge in [0.25, 0.3) is 0 Å². The van der Waals surface area contributed by atoms with Crippen molar-refractivity contribution in [2.75, 3.05) is 20.7 Å². The maximum absolute atomic E-state index is 13.3. The molecule has 0 heterocycles. The van der Waals surface area contributed by atoms with E-state index >= 15 is 0 Å². The molecule has 0 aromatic heterocycles. The molecular formula is C24H33N3O5S.